The Kier molecular flexibility index (Phi) is 5.51. The lowest BCUT2D eigenvalue weighted by Crippen LogP contribution is -2.38. The number of nitrogens with one attached hydrogen (secondary N) is 1. The number of thiophene rings is 1. The highest BCUT2D eigenvalue weighted by Crippen LogP contribution is 2.29. The minimum Gasteiger partial charge on any atom is -0.314 e. The van der Waals surface area contributed by atoms with E-state index in [9.17, 15) is 0 Å². The van der Waals surface area contributed by atoms with Crippen molar-refractivity contribution in [2.75, 3.05) is 6.54 Å². The van der Waals surface area contributed by atoms with Crippen LogP contribution in [0.1, 0.15) is 43.9 Å². The average Bonchev–Trinajstić information content (AvgIpc) is 2.75. The van der Waals surface area contributed by atoms with Crippen LogP contribution < -0.4 is 5.32 Å². The second-order valence-corrected chi connectivity index (χ2v) is 6.91. The molecule has 0 spiro atoms. The summed E-state index contributed by atoms with van der Waals surface area (Å²) in [6.45, 7) is 3.31. The van der Waals surface area contributed by atoms with Crippen molar-refractivity contribution < 1.29 is 0 Å². The third-order valence-electron chi connectivity index (χ3n) is 3.73. The van der Waals surface area contributed by atoms with Crippen LogP contribution in [0.15, 0.2) is 15.9 Å². The first-order chi connectivity index (χ1) is 8.29. The first-order valence-electron chi connectivity index (χ1n) is 6.76. The van der Waals surface area contributed by atoms with Crippen molar-refractivity contribution in [3.05, 3.63) is 20.8 Å². The summed E-state index contributed by atoms with van der Waals surface area (Å²) >= 11 is 5.43. The van der Waals surface area contributed by atoms with E-state index in [1.807, 2.05) is 11.3 Å². The van der Waals surface area contributed by atoms with Crippen LogP contribution in [0.4, 0.5) is 0 Å². The molecule has 1 heterocycles. The molecule has 3 heteroatoms. The van der Waals surface area contributed by atoms with Crippen molar-refractivity contribution in [3.63, 3.8) is 0 Å². The van der Waals surface area contributed by atoms with E-state index in [1.54, 1.807) is 0 Å². The van der Waals surface area contributed by atoms with Gasteiger partial charge in [0.2, 0.25) is 0 Å². The summed E-state index contributed by atoms with van der Waals surface area (Å²) in [6.07, 6.45) is 8.35. The van der Waals surface area contributed by atoms with Crippen LogP contribution in [0.25, 0.3) is 0 Å². The summed E-state index contributed by atoms with van der Waals surface area (Å²) in [6, 6.07) is 2.96. The molecule has 96 valence electrons. The third kappa shape index (κ3) is 4.08. The molecule has 1 saturated carbocycles. The predicted octanol–water partition coefficient (Wildman–Crippen LogP) is 4.61. The van der Waals surface area contributed by atoms with E-state index < -0.39 is 0 Å². The maximum absolute atomic E-state index is 3.70. The van der Waals surface area contributed by atoms with Gasteiger partial charge in [-0.25, -0.2) is 0 Å². The standard InChI is InChI=1S/C14H22BrNS/c1-2-16-14(11-6-4-3-5-7-11)9-13-8-12(15)10-17-13/h8,10-11,14,16H,2-7,9H2,1H3. The van der Waals surface area contributed by atoms with Crippen LogP contribution in [-0.4, -0.2) is 12.6 Å². The van der Waals surface area contributed by atoms with Crippen molar-refractivity contribution >= 4 is 27.3 Å². The zero-order valence-electron chi connectivity index (χ0n) is 10.5. The van der Waals surface area contributed by atoms with E-state index in [1.165, 1.54) is 47.9 Å². The lowest BCUT2D eigenvalue weighted by molar-refractivity contribution is 0.270. The Morgan fingerprint density at radius 3 is 2.76 bits per heavy atom. The highest BCUT2D eigenvalue weighted by Gasteiger charge is 2.23. The Morgan fingerprint density at radius 1 is 1.41 bits per heavy atom. The normalized spacial score (nSPS) is 19.4. The van der Waals surface area contributed by atoms with Gasteiger partial charge in [-0.2, -0.15) is 0 Å². The van der Waals surface area contributed by atoms with Crippen LogP contribution in [0, 0.1) is 5.92 Å². The summed E-state index contributed by atoms with van der Waals surface area (Å²) in [5.41, 5.74) is 0. The zero-order chi connectivity index (χ0) is 12.1. The predicted molar refractivity (Wildman–Crippen MR) is 79.8 cm³/mol. The molecule has 0 bridgehead atoms. The van der Waals surface area contributed by atoms with Crippen LogP contribution in [-0.2, 0) is 6.42 Å². The Bertz CT molecular complexity index is 331. The number of hydrogen-bond acceptors (Lipinski definition) is 2. The first kappa shape index (κ1) is 13.6. The van der Waals surface area contributed by atoms with Gasteiger partial charge in [-0.15, -0.1) is 11.3 Å². The SMILES string of the molecule is CCNC(Cc1cc(Br)cs1)C1CCCCC1. The summed E-state index contributed by atoms with van der Waals surface area (Å²) in [7, 11) is 0. The van der Waals surface area contributed by atoms with Crippen molar-refractivity contribution in [1.29, 1.82) is 0 Å². The van der Waals surface area contributed by atoms with E-state index in [2.05, 4.69) is 39.6 Å². The van der Waals surface area contributed by atoms with Gasteiger partial charge in [0.25, 0.3) is 0 Å². The highest BCUT2D eigenvalue weighted by molar-refractivity contribution is 9.10. The molecule has 1 aromatic heterocycles. The molecule has 0 amide bonds. The summed E-state index contributed by atoms with van der Waals surface area (Å²) < 4.78 is 1.23. The van der Waals surface area contributed by atoms with Gasteiger partial charge in [0.05, 0.1) is 0 Å². The minimum absolute atomic E-state index is 0.686. The maximum Gasteiger partial charge on any atom is 0.0285 e. The second kappa shape index (κ2) is 6.91. The van der Waals surface area contributed by atoms with Crippen LogP contribution in [0.5, 0.6) is 0 Å². The van der Waals surface area contributed by atoms with E-state index in [0.29, 0.717) is 6.04 Å². The number of hydrogen-bond donors (Lipinski definition) is 1. The fourth-order valence-corrected chi connectivity index (χ4v) is 4.39. The number of halogens is 1. The highest BCUT2D eigenvalue weighted by atomic mass is 79.9. The Labute approximate surface area is 117 Å². The Hall–Kier alpha value is 0.140. The van der Waals surface area contributed by atoms with Gasteiger partial charge in [0, 0.05) is 20.8 Å². The van der Waals surface area contributed by atoms with Crippen LogP contribution in [0.3, 0.4) is 0 Å². The minimum atomic E-state index is 0.686. The molecule has 1 aromatic rings. The largest absolute Gasteiger partial charge is 0.314 e. The van der Waals surface area contributed by atoms with E-state index in [0.717, 1.165) is 12.5 Å². The van der Waals surface area contributed by atoms with Crippen molar-refractivity contribution in [1.82, 2.24) is 5.32 Å². The van der Waals surface area contributed by atoms with Gasteiger partial charge >= 0.3 is 0 Å². The monoisotopic (exact) mass is 315 g/mol. The van der Waals surface area contributed by atoms with Crippen LogP contribution in [0.2, 0.25) is 0 Å². The Morgan fingerprint density at radius 2 is 2.18 bits per heavy atom. The van der Waals surface area contributed by atoms with Crippen LogP contribution >= 0.6 is 27.3 Å². The summed E-state index contributed by atoms with van der Waals surface area (Å²) in [5, 5.41) is 5.90. The van der Waals surface area contributed by atoms with Gasteiger partial charge in [-0.05, 0) is 53.7 Å². The molecule has 1 N–H and O–H groups in total. The lowest BCUT2D eigenvalue weighted by atomic mass is 9.82. The molecule has 0 saturated heterocycles. The molecule has 2 rings (SSSR count). The molecule has 0 aromatic carbocycles. The number of likely N-dealkylation sites (N-methyl/N-ethyl adjacent to an activating group) is 1. The molecule has 1 aliphatic carbocycles. The molecule has 17 heavy (non-hydrogen) atoms. The van der Waals surface area contributed by atoms with E-state index >= 15 is 0 Å². The third-order valence-corrected chi connectivity index (χ3v) is 5.45. The Balaban J connectivity index is 1.95. The molecule has 0 aliphatic heterocycles. The van der Waals surface area contributed by atoms with Crippen molar-refractivity contribution in [3.8, 4) is 0 Å². The van der Waals surface area contributed by atoms with E-state index in [4.69, 9.17) is 0 Å². The fourth-order valence-electron chi connectivity index (χ4n) is 2.88. The van der Waals surface area contributed by atoms with Gasteiger partial charge in [0.1, 0.15) is 0 Å². The topological polar surface area (TPSA) is 12.0 Å². The summed E-state index contributed by atoms with van der Waals surface area (Å²) in [5.74, 6) is 0.893. The summed E-state index contributed by atoms with van der Waals surface area (Å²) in [4.78, 5) is 1.51. The maximum atomic E-state index is 3.70. The molecule has 1 aliphatic rings. The fraction of sp³-hybridized carbons (Fsp3) is 0.714. The molecule has 0 radical (unpaired) electrons. The lowest BCUT2D eigenvalue weighted by Gasteiger charge is -2.30. The van der Waals surface area contributed by atoms with E-state index in [-0.39, 0.29) is 0 Å². The number of rotatable bonds is 5. The van der Waals surface area contributed by atoms with Gasteiger partial charge in [0.15, 0.2) is 0 Å². The first-order valence-corrected chi connectivity index (χ1v) is 8.43. The molecular weight excluding hydrogens is 294 g/mol. The average molecular weight is 316 g/mol. The van der Waals surface area contributed by atoms with Crippen molar-refractivity contribution in [2.45, 2.75) is 51.5 Å². The zero-order valence-corrected chi connectivity index (χ0v) is 12.9. The van der Waals surface area contributed by atoms with Gasteiger partial charge in [-0.3, -0.25) is 0 Å². The second-order valence-electron chi connectivity index (χ2n) is 5.00. The van der Waals surface area contributed by atoms with Gasteiger partial charge in [-0.1, -0.05) is 26.2 Å². The molecule has 1 nitrogen and oxygen atoms in total. The molecular formula is C14H22BrNS. The van der Waals surface area contributed by atoms with Crippen molar-refractivity contribution in [2.24, 2.45) is 5.92 Å². The smallest absolute Gasteiger partial charge is 0.0285 e. The molecule has 1 unspecified atom stereocenters. The molecule has 1 fully saturated rings. The quantitative estimate of drug-likeness (QED) is 0.836. The molecule has 1 atom stereocenters. The van der Waals surface area contributed by atoms with Gasteiger partial charge < -0.3 is 5.32 Å².